The highest BCUT2D eigenvalue weighted by atomic mass is 32.1. The molecule has 3 heterocycles. The summed E-state index contributed by atoms with van der Waals surface area (Å²) in [4.78, 5) is 35.8. The number of nitrogens with one attached hydrogen (secondary N) is 1. The Morgan fingerprint density at radius 3 is 2.80 bits per heavy atom. The number of piperazine rings is 1. The third kappa shape index (κ3) is 3.33. The highest BCUT2D eigenvalue weighted by molar-refractivity contribution is 7.14. The molecule has 0 unspecified atom stereocenters. The Hall–Kier alpha value is -2.51. The summed E-state index contributed by atoms with van der Waals surface area (Å²) in [7, 11) is 0. The van der Waals surface area contributed by atoms with Crippen LogP contribution in [0, 0.1) is 0 Å². The summed E-state index contributed by atoms with van der Waals surface area (Å²) in [5.74, 6) is 0.783. The van der Waals surface area contributed by atoms with Crippen LogP contribution in [0.4, 0.5) is 5.00 Å². The van der Waals surface area contributed by atoms with E-state index in [1.54, 1.807) is 17.4 Å². The Labute approximate surface area is 148 Å². The number of hydrogen-bond donors (Lipinski definition) is 1. The Morgan fingerprint density at radius 2 is 2.00 bits per heavy atom. The molecule has 3 aromatic rings. The van der Waals surface area contributed by atoms with E-state index in [-0.39, 0.29) is 11.5 Å². The van der Waals surface area contributed by atoms with Gasteiger partial charge in [-0.15, -0.1) is 11.3 Å². The second-order valence-electron chi connectivity index (χ2n) is 6.05. The molecule has 7 heteroatoms. The summed E-state index contributed by atoms with van der Waals surface area (Å²) < 4.78 is 0. The van der Waals surface area contributed by atoms with Gasteiger partial charge in [-0.3, -0.25) is 14.5 Å². The number of fused-ring (bicyclic) bond motifs is 1. The Morgan fingerprint density at radius 1 is 1.12 bits per heavy atom. The molecule has 1 saturated heterocycles. The lowest BCUT2D eigenvalue weighted by atomic mass is 10.2. The molecule has 128 valence electrons. The average Bonchev–Trinajstić information content (AvgIpc) is 3.14. The normalized spacial score (nSPS) is 15.8. The molecule has 2 aromatic heterocycles. The summed E-state index contributed by atoms with van der Waals surface area (Å²) in [5, 5.41) is 3.59. The molecule has 1 aliphatic rings. The highest BCUT2D eigenvalue weighted by Gasteiger charge is 2.25. The summed E-state index contributed by atoms with van der Waals surface area (Å²) in [6.45, 7) is 2.61. The van der Waals surface area contributed by atoms with Crippen LogP contribution in [0.15, 0.2) is 46.6 Å². The van der Waals surface area contributed by atoms with E-state index >= 15 is 0 Å². The lowest BCUT2D eigenvalue weighted by Crippen LogP contribution is -2.50. The molecule has 0 saturated carbocycles. The molecule has 0 atom stereocenters. The molecule has 0 spiro atoms. The maximum Gasteiger partial charge on any atom is 0.258 e. The molecule has 1 fully saturated rings. The number of aromatic nitrogens is 2. The molecule has 25 heavy (non-hydrogen) atoms. The number of carbonyl (C=O) groups is 1. The number of carbonyl (C=O) groups excluding carboxylic acids is 1. The van der Waals surface area contributed by atoms with Gasteiger partial charge in [0.1, 0.15) is 5.82 Å². The van der Waals surface area contributed by atoms with Gasteiger partial charge >= 0.3 is 0 Å². The fraction of sp³-hybridized carbons (Fsp3) is 0.278. The van der Waals surface area contributed by atoms with E-state index in [2.05, 4.69) is 14.9 Å². The highest BCUT2D eigenvalue weighted by Crippen LogP contribution is 2.23. The molecule has 1 aromatic carbocycles. The van der Waals surface area contributed by atoms with Gasteiger partial charge in [0, 0.05) is 26.1 Å². The van der Waals surface area contributed by atoms with Crippen molar-refractivity contribution in [1.82, 2.24) is 14.9 Å². The van der Waals surface area contributed by atoms with Crippen molar-refractivity contribution in [3.63, 3.8) is 0 Å². The van der Waals surface area contributed by atoms with E-state index in [0.717, 1.165) is 11.5 Å². The first-order valence-corrected chi connectivity index (χ1v) is 9.13. The molecule has 0 bridgehead atoms. The van der Waals surface area contributed by atoms with Crippen molar-refractivity contribution in [3.8, 4) is 0 Å². The summed E-state index contributed by atoms with van der Waals surface area (Å²) in [5.41, 5.74) is 0.596. The van der Waals surface area contributed by atoms with Crippen LogP contribution < -0.4 is 10.5 Å². The number of benzene rings is 1. The van der Waals surface area contributed by atoms with Crippen LogP contribution >= 0.6 is 11.3 Å². The minimum Gasteiger partial charge on any atom is -0.310 e. The zero-order chi connectivity index (χ0) is 17.2. The van der Waals surface area contributed by atoms with Crippen molar-refractivity contribution in [2.75, 3.05) is 31.1 Å². The third-order valence-electron chi connectivity index (χ3n) is 4.40. The SMILES string of the molecule is O=C1CN(CCc2nc3ccccc3c(=O)[nH]2)CCN1c1cccs1. The summed E-state index contributed by atoms with van der Waals surface area (Å²) >= 11 is 1.58. The maximum absolute atomic E-state index is 12.4. The van der Waals surface area contributed by atoms with Crippen molar-refractivity contribution in [1.29, 1.82) is 0 Å². The zero-order valence-corrected chi connectivity index (χ0v) is 14.5. The Kier molecular flexibility index (Phi) is 4.33. The first-order valence-electron chi connectivity index (χ1n) is 8.25. The monoisotopic (exact) mass is 354 g/mol. The van der Waals surface area contributed by atoms with Crippen LogP contribution in [0.5, 0.6) is 0 Å². The Bertz CT molecular complexity index is 951. The lowest BCUT2D eigenvalue weighted by Gasteiger charge is -2.33. The van der Waals surface area contributed by atoms with Crippen molar-refractivity contribution in [2.45, 2.75) is 6.42 Å². The molecule has 1 amide bonds. The topological polar surface area (TPSA) is 69.3 Å². The third-order valence-corrected chi connectivity index (χ3v) is 5.29. The van der Waals surface area contributed by atoms with Gasteiger partial charge in [0.05, 0.1) is 22.4 Å². The number of thiophene rings is 1. The molecule has 6 nitrogen and oxygen atoms in total. The number of aromatic amines is 1. The van der Waals surface area contributed by atoms with Crippen molar-refractivity contribution >= 4 is 33.1 Å². The minimum atomic E-state index is -0.112. The number of amides is 1. The standard InChI is InChI=1S/C18H18N4O2S/c23-16-12-21(9-10-22(16)17-6-3-11-25-17)8-7-15-19-14-5-2-1-4-13(14)18(24)20-15/h1-6,11H,7-10,12H2,(H,19,20,24). The van der Waals surface area contributed by atoms with E-state index in [9.17, 15) is 9.59 Å². The van der Waals surface area contributed by atoms with Gasteiger partial charge in [0.15, 0.2) is 0 Å². The van der Waals surface area contributed by atoms with Crippen LogP contribution in [-0.2, 0) is 11.2 Å². The maximum atomic E-state index is 12.4. The second-order valence-corrected chi connectivity index (χ2v) is 6.98. The lowest BCUT2D eigenvalue weighted by molar-refractivity contribution is -0.121. The van der Waals surface area contributed by atoms with Gasteiger partial charge in [0.25, 0.3) is 5.56 Å². The molecule has 0 radical (unpaired) electrons. The minimum absolute atomic E-state index is 0.112. The van der Waals surface area contributed by atoms with E-state index in [1.807, 2.05) is 40.6 Å². The number of anilines is 1. The van der Waals surface area contributed by atoms with E-state index in [1.165, 1.54) is 0 Å². The fourth-order valence-corrected chi connectivity index (χ4v) is 3.86. The van der Waals surface area contributed by atoms with E-state index < -0.39 is 0 Å². The van der Waals surface area contributed by atoms with Crippen LogP contribution in [-0.4, -0.2) is 47.0 Å². The molecular weight excluding hydrogens is 336 g/mol. The van der Waals surface area contributed by atoms with E-state index in [0.29, 0.717) is 42.8 Å². The van der Waals surface area contributed by atoms with Crippen molar-refractivity contribution in [2.24, 2.45) is 0 Å². The molecule has 4 rings (SSSR count). The Balaban J connectivity index is 1.41. The number of rotatable bonds is 4. The van der Waals surface area contributed by atoms with Gasteiger partial charge in [-0.25, -0.2) is 4.98 Å². The van der Waals surface area contributed by atoms with Crippen LogP contribution in [0.1, 0.15) is 5.82 Å². The zero-order valence-electron chi connectivity index (χ0n) is 13.6. The first-order chi connectivity index (χ1) is 12.2. The predicted octanol–water partition coefficient (Wildman–Crippen LogP) is 1.88. The van der Waals surface area contributed by atoms with Crippen LogP contribution in [0.3, 0.4) is 0 Å². The quantitative estimate of drug-likeness (QED) is 0.777. The number of para-hydroxylation sites is 1. The van der Waals surface area contributed by atoms with Crippen molar-refractivity contribution < 1.29 is 4.79 Å². The van der Waals surface area contributed by atoms with Gasteiger partial charge in [0.2, 0.25) is 5.91 Å². The average molecular weight is 354 g/mol. The van der Waals surface area contributed by atoms with Gasteiger partial charge in [-0.05, 0) is 29.6 Å². The number of nitrogens with zero attached hydrogens (tertiary/aromatic N) is 3. The predicted molar refractivity (Wildman–Crippen MR) is 99.2 cm³/mol. The number of H-pyrrole nitrogens is 1. The fourth-order valence-electron chi connectivity index (χ4n) is 3.09. The van der Waals surface area contributed by atoms with Crippen molar-refractivity contribution in [3.05, 3.63) is 58.0 Å². The van der Waals surface area contributed by atoms with Gasteiger partial charge < -0.3 is 9.88 Å². The van der Waals surface area contributed by atoms with Crippen LogP contribution in [0.25, 0.3) is 10.9 Å². The molecule has 0 aliphatic carbocycles. The molecule has 1 N–H and O–H groups in total. The molecule has 1 aliphatic heterocycles. The molecular formula is C18H18N4O2S. The first kappa shape index (κ1) is 16.0. The largest absolute Gasteiger partial charge is 0.310 e. The number of hydrogen-bond acceptors (Lipinski definition) is 5. The second kappa shape index (κ2) is 6.78. The van der Waals surface area contributed by atoms with Gasteiger partial charge in [-0.1, -0.05) is 12.1 Å². The van der Waals surface area contributed by atoms with Gasteiger partial charge in [-0.2, -0.15) is 0 Å². The smallest absolute Gasteiger partial charge is 0.258 e. The van der Waals surface area contributed by atoms with Crippen LogP contribution in [0.2, 0.25) is 0 Å². The summed E-state index contributed by atoms with van der Waals surface area (Å²) in [6.07, 6.45) is 0.617. The summed E-state index contributed by atoms with van der Waals surface area (Å²) in [6, 6.07) is 11.3. The van der Waals surface area contributed by atoms with E-state index in [4.69, 9.17) is 0 Å².